The fourth-order valence-electron chi connectivity index (χ4n) is 3.24. The van der Waals surface area contributed by atoms with Crippen molar-refractivity contribution in [2.24, 2.45) is 0 Å². The van der Waals surface area contributed by atoms with E-state index in [0.717, 1.165) is 44.1 Å². The second kappa shape index (κ2) is 12.9. The van der Waals surface area contributed by atoms with Crippen LogP contribution in [0.25, 0.3) is 0 Å². The quantitative estimate of drug-likeness (QED) is 0.322. The summed E-state index contributed by atoms with van der Waals surface area (Å²) in [5, 5.41) is 0. The Morgan fingerprint density at radius 1 is 0.655 bits per heavy atom. The molecule has 0 aromatic heterocycles. The van der Waals surface area contributed by atoms with Gasteiger partial charge in [-0.15, -0.1) is 0 Å². The van der Waals surface area contributed by atoms with Crippen LogP contribution in [-0.4, -0.2) is 46.2 Å². The van der Waals surface area contributed by atoms with Gasteiger partial charge in [0.15, 0.2) is 6.79 Å². The molecule has 0 spiro atoms. The molecule has 0 atom stereocenters. The van der Waals surface area contributed by atoms with Gasteiger partial charge in [-0.25, -0.2) is 0 Å². The summed E-state index contributed by atoms with van der Waals surface area (Å²) in [6.45, 7) is 14.1. The zero-order valence-corrected chi connectivity index (χ0v) is 18.4. The van der Waals surface area contributed by atoms with Gasteiger partial charge in [-0.3, -0.25) is 0 Å². The van der Waals surface area contributed by atoms with Crippen molar-refractivity contribution in [2.45, 2.75) is 34.1 Å². The molecule has 0 N–H and O–H groups in total. The molecule has 0 bridgehead atoms. The van der Waals surface area contributed by atoms with Crippen molar-refractivity contribution in [2.75, 3.05) is 56.0 Å². The average Bonchev–Trinajstić information content (AvgIpc) is 2.75. The molecular formula is C24H36N2O3. The van der Waals surface area contributed by atoms with Crippen LogP contribution < -0.4 is 19.3 Å². The normalized spacial score (nSPS) is 10.6. The SMILES string of the molecule is CCN(CC)c1cccc(OCCCOCOc2cccc(N(CC)CC)c2)c1. The van der Waals surface area contributed by atoms with E-state index in [-0.39, 0.29) is 6.79 Å². The van der Waals surface area contributed by atoms with Crippen molar-refractivity contribution in [1.29, 1.82) is 0 Å². The van der Waals surface area contributed by atoms with Gasteiger partial charge in [-0.2, -0.15) is 0 Å². The Labute approximate surface area is 176 Å². The van der Waals surface area contributed by atoms with E-state index in [0.29, 0.717) is 13.2 Å². The topological polar surface area (TPSA) is 34.2 Å². The van der Waals surface area contributed by atoms with Gasteiger partial charge in [0.25, 0.3) is 0 Å². The zero-order chi connectivity index (χ0) is 20.9. The third-order valence-electron chi connectivity index (χ3n) is 4.90. The van der Waals surface area contributed by atoms with Gasteiger partial charge in [0.2, 0.25) is 0 Å². The van der Waals surface area contributed by atoms with E-state index in [1.54, 1.807) is 0 Å². The van der Waals surface area contributed by atoms with E-state index in [1.165, 1.54) is 11.4 Å². The first-order valence-electron chi connectivity index (χ1n) is 10.7. The maximum Gasteiger partial charge on any atom is 0.189 e. The monoisotopic (exact) mass is 400 g/mol. The van der Waals surface area contributed by atoms with Crippen molar-refractivity contribution < 1.29 is 14.2 Å². The van der Waals surface area contributed by atoms with Gasteiger partial charge in [-0.05, 0) is 52.0 Å². The molecule has 0 saturated carbocycles. The second-order valence-electron chi connectivity index (χ2n) is 6.71. The molecule has 0 aliphatic carbocycles. The van der Waals surface area contributed by atoms with E-state index in [4.69, 9.17) is 14.2 Å². The third-order valence-corrected chi connectivity index (χ3v) is 4.90. The van der Waals surface area contributed by atoms with Crippen molar-refractivity contribution in [3.8, 4) is 11.5 Å². The second-order valence-corrected chi connectivity index (χ2v) is 6.71. The number of rotatable bonds is 14. The smallest absolute Gasteiger partial charge is 0.189 e. The minimum atomic E-state index is 0.249. The average molecular weight is 401 g/mol. The lowest BCUT2D eigenvalue weighted by Gasteiger charge is -2.21. The van der Waals surface area contributed by atoms with Crippen LogP contribution in [0.5, 0.6) is 11.5 Å². The summed E-state index contributed by atoms with van der Waals surface area (Å²) in [7, 11) is 0. The number of nitrogens with zero attached hydrogens (tertiary/aromatic N) is 2. The molecule has 2 aromatic carbocycles. The van der Waals surface area contributed by atoms with Crippen molar-refractivity contribution in [3.63, 3.8) is 0 Å². The predicted octanol–water partition coefficient (Wildman–Crippen LogP) is 5.20. The Morgan fingerprint density at radius 3 is 1.69 bits per heavy atom. The summed E-state index contributed by atoms with van der Waals surface area (Å²) in [5.41, 5.74) is 2.37. The van der Waals surface area contributed by atoms with Crippen molar-refractivity contribution in [1.82, 2.24) is 0 Å². The first kappa shape index (κ1) is 22.9. The van der Waals surface area contributed by atoms with Crippen LogP contribution >= 0.6 is 0 Å². The summed E-state index contributed by atoms with van der Waals surface area (Å²) in [6, 6.07) is 16.4. The van der Waals surface area contributed by atoms with Gasteiger partial charge in [-0.1, -0.05) is 12.1 Å². The summed E-state index contributed by atoms with van der Waals surface area (Å²) in [6.07, 6.45) is 0.818. The van der Waals surface area contributed by atoms with Gasteiger partial charge >= 0.3 is 0 Å². The van der Waals surface area contributed by atoms with E-state index in [9.17, 15) is 0 Å². The lowest BCUT2D eigenvalue weighted by atomic mass is 10.2. The van der Waals surface area contributed by atoms with Crippen LogP contribution in [0.1, 0.15) is 34.1 Å². The van der Waals surface area contributed by atoms with Crippen LogP contribution in [0.4, 0.5) is 11.4 Å². The Morgan fingerprint density at radius 2 is 1.17 bits per heavy atom. The van der Waals surface area contributed by atoms with Gasteiger partial charge in [0.05, 0.1) is 13.2 Å². The highest BCUT2D eigenvalue weighted by Gasteiger charge is 2.04. The minimum absolute atomic E-state index is 0.249. The van der Waals surface area contributed by atoms with E-state index >= 15 is 0 Å². The molecule has 5 heteroatoms. The first-order chi connectivity index (χ1) is 14.2. The molecule has 160 valence electrons. The van der Waals surface area contributed by atoms with Crippen LogP contribution in [0, 0.1) is 0 Å². The lowest BCUT2D eigenvalue weighted by Crippen LogP contribution is -2.21. The standard InChI is InChI=1S/C24H36N2O3/c1-5-25(6-2)21-12-9-14-23(18-21)28-17-11-16-27-20-29-24-15-10-13-22(19-24)26(7-3)8-4/h9-10,12-15,18-19H,5-8,11,16-17,20H2,1-4H3. The number of anilines is 2. The summed E-state index contributed by atoms with van der Waals surface area (Å²) >= 11 is 0. The fraction of sp³-hybridized carbons (Fsp3) is 0.500. The zero-order valence-electron chi connectivity index (χ0n) is 18.4. The predicted molar refractivity (Wildman–Crippen MR) is 122 cm³/mol. The Hall–Kier alpha value is -2.40. The number of hydrogen-bond donors (Lipinski definition) is 0. The largest absolute Gasteiger partial charge is 0.493 e. The fourth-order valence-corrected chi connectivity index (χ4v) is 3.24. The lowest BCUT2D eigenvalue weighted by molar-refractivity contribution is 0.0106. The molecule has 2 aromatic rings. The molecule has 0 aliphatic rings. The third kappa shape index (κ3) is 7.50. The van der Waals surface area contributed by atoms with Crippen LogP contribution in [0.2, 0.25) is 0 Å². The molecule has 0 heterocycles. The van der Waals surface area contributed by atoms with Crippen molar-refractivity contribution >= 4 is 11.4 Å². The minimum Gasteiger partial charge on any atom is -0.493 e. The molecule has 0 fully saturated rings. The van der Waals surface area contributed by atoms with Gasteiger partial charge < -0.3 is 24.0 Å². The molecule has 0 aliphatic heterocycles. The highest BCUT2D eigenvalue weighted by Crippen LogP contribution is 2.22. The molecule has 29 heavy (non-hydrogen) atoms. The summed E-state index contributed by atoms with van der Waals surface area (Å²) in [4.78, 5) is 4.60. The highest BCUT2D eigenvalue weighted by molar-refractivity contribution is 5.51. The maximum atomic E-state index is 5.86. The van der Waals surface area contributed by atoms with E-state index < -0.39 is 0 Å². The Balaban J connectivity index is 1.66. The number of ether oxygens (including phenoxy) is 3. The van der Waals surface area contributed by atoms with Gasteiger partial charge in [0.1, 0.15) is 11.5 Å². The maximum absolute atomic E-state index is 5.86. The number of hydrogen-bond acceptors (Lipinski definition) is 5. The van der Waals surface area contributed by atoms with Gasteiger partial charge in [0, 0.05) is 56.1 Å². The van der Waals surface area contributed by atoms with Crippen LogP contribution in [0.15, 0.2) is 48.5 Å². The van der Waals surface area contributed by atoms with Crippen molar-refractivity contribution in [3.05, 3.63) is 48.5 Å². The highest BCUT2D eigenvalue weighted by atomic mass is 16.7. The summed E-state index contributed by atoms with van der Waals surface area (Å²) < 4.78 is 17.2. The molecule has 2 rings (SSSR count). The molecule has 0 amide bonds. The molecule has 0 unspecified atom stereocenters. The van der Waals surface area contributed by atoms with E-state index in [2.05, 4.69) is 61.8 Å². The summed E-state index contributed by atoms with van der Waals surface area (Å²) in [5.74, 6) is 1.73. The molecule has 0 saturated heterocycles. The Kier molecular flexibility index (Phi) is 10.2. The Bertz CT molecular complexity index is 641. The molecule has 5 nitrogen and oxygen atoms in total. The number of benzene rings is 2. The molecule has 0 radical (unpaired) electrons. The van der Waals surface area contributed by atoms with Crippen LogP contribution in [0.3, 0.4) is 0 Å². The first-order valence-corrected chi connectivity index (χ1v) is 10.7. The van der Waals surface area contributed by atoms with Crippen LogP contribution in [-0.2, 0) is 4.74 Å². The van der Waals surface area contributed by atoms with E-state index in [1.807, 2.05) is 24.3 Å². The molecular weight excluding hydrogens is 364 g/mol.